The number of rotatable bonds is 5. The molecular formula is C16H20O6. The van der Waals surface area contributed by atoms with Crippen molar-refractivity contribution in [1.82, 2.24) is 0 Å². The first-order valence-corrected chi connectivity index (χ1v) is 6.86. The fraction of sp³-hybridized carbons (Fsp3) is 0.375. The second-order valence-corrected chi connectivity index (χ2v) is 5.21. The van der Waals surface area contributed by atoms with Crippen molar-refractivity contribution in [2.45, 2.75) is 39.9 Å². The number of phenols is 2. The van der Waals surface area contributed by atoms with Crippen LogP contribution in [0.5, 0.6) is 11.5 Å². The third-order valence-corrected chi connectivity index (χ3v) is 2.44. The van der Waals surface area contributed by atoms with Crippen molar-refractivity contribution in [1.29, 1.82) is 0 Å². The van der Waals surface area contributed by atoms with Gasteiger partial charge in [0, 0.05) is 11.6 Å². The Morgan fingerprint density at radius 1 is 1.00 bits per heavy atom. The summed E-state index contributed by atoms with van der Waals surface area (Å²) in [4.78, 5) is 24.1. The van der Waals surface area contributed by atoms with Crippen molar-refractivity contribution >= 4 is 18.0 Å². The summed E-state index contributed by atoms with van der Waals surface area (Å²) in [5, 5.41) is 19.0. The van der Waals surface area contributed by atoms with Crippen LogP contribution in [0.2, 0.25) is 0 Å². The van der Waals surface area contributed by atoms with Crippen molar-refractivity contribution in [3.8, 4) is 11.5 Å². The number of benzene rings is 1. The average molecular weight is 308 g/mol. The van der Waals surface area contributed by atoms with Crippen molar-refractivity contribution in [2.24, 2.45) is 0 Å². The van der Waals surface area contributed by atoms with E-state index in [1.807, 2.05) is 0 Å². The van der Waals surface area contributed by atoms with E-state index < -0.39 is 24.1 Å². The standard InChI is InChI=1S/C16H20O6/c1-9(2)21-15(19)13(16(20)22-10(3)4)7-11-5-6-12(17)8-14(11)18/h5-10,17-18H,1-4H3. The van der Waals surface area contributed by atoms with Gasteiger partial charge in [0.2, 0.25) is 0 Å². The lowest BCUT2D eigenvalue weighted by Gasteiger charge is -2.13. The zero-order valence-corrected chi connectivity index (χ0v) is 13.0. The number of carbonyl (C=O) groups is 2. The highest BCUT2D eigenvalue weighted by Crippen LogP contribution is 2.25. The summed E-state index contributed by atoms with van der Waals surface area (Å²) in [6, 6.07) is 3.80. The number of esters is 2. The monoisotopic (exact) mass is 308 g/mol. The Kier molecular flexibility index (Phi) is 5.98. The minimum Gasteiger partial charge on any atom is -0.508 e. The molecule has 0 aliphatic rings. The molecule has 0 heterocycles. The quantitative estimate of drug-likeness (QED) is 0.375. The lowest BCUT2D eigenvalue weighted by atomic mass is 10.1. The summed E-state index contributed by atoms with van der Waals surface area (Å²) in [5.74, 6) is -2.08. The van der Waals surface area contributed by atoms with Crippen molar-refractivity contribution in [2.75, 3.05) is 0 Å². The average Bonchev–Trinajstić information content (AvgIpc) is 2.35. The zero-order chi connectivity index (χ0) is 16.9. The molecule has 2 N–H and O–H groups in total. The second kappa shape index (κ2) is 7.49. The van der Waals surface area contributed by atoms with Gasteiger partial charge in [0.25, 0.3) is 0 Å². The van der Waals surface area contributed by atoms with E-state index >= 15 is 0 Å². The second-order valence-electron chi connectivity index (χ2n) is 5.21. The maximum absolute atomic E-state index is 12.0. The zero-order valence-electron chi connectivity index (χ0n) is 13.0. The predicted molar refractivity (Wildman–Crippen MR) is 80.2 cm³/mol. The first kappa shape index (κ1) is 17.6. The molecule has 0 aliphatic heterocycles. The van der Waals surface area contributed by atoms with Gasteiger partial charge in [0.05, 0.1) is 12.2 Å². The van der Waals surface area contributed by atoms with Gasteiger partial charge in [-0.3, -0.25) is 0 Å². The molecule has 0 atom stereocenters. The SMILES string of the molecule is CC(C)OC(=O)C(=Cc1ccc(O)cc1O)C(=O)OC(C)C. The molecule has 120 valence electrons. The van der Waals surface area contributed by atoms with Crippen LogP contribution in [0, 0.1) is 0 Å². The van der Waals surface area contributed by atoms with Crippen LogP contribution in [-0.2, 0) is 19.1 Å². The molecule has 0 unspecified atom stereocenters. The number of phenolic OH excluding ortho intramolecular Hbond substituents is 2. The topological polar surface area (TPSA) is 93.1 Å². The summed E-state index contributed by atoms with van der Waals surface area (Å²) in [7, 11) is 0. The summed E-state index contributed by atoms with van der Waals surface area (Å²) in [6.45, 7) is 6.62. The predicted octanol–water partition coefficient (Wildman–Crippen LogP) is 2.38. The van der Waals surface area contributed by atoms with Crippen LogP contribution in [0.4, 0.5) is 0 Å². The maximum Gasteiger partial charge on any atom is 0.345 e. The molecule has 0 fully saturated rings. The van der Waals surface area contributed by atoms with E-state index in [1.54, 1.807) is 27.7 Å². The molecule has 1 aromatic carbocycles. The maximum atomic E-state index is 12.0. The normalized spacial score (nSPS) is 10.5. The van der Waals surface area contributed by atoms with Gasteiger partial charge in [-0.05, 0) is 45.9 Å². The molecule has 1 aromatic rings. The van der Waals surface area contributed by atoms with E-state index in [9.17, 15) is 19.8 Å². The molecule has 0 bridgehead atoms. The highest BCUT2D eigenvalue weighted by Gasteiger charge is 2.24. The number of aromatic hydroxyl groups is 2. The van der Waals surface area contributed by atoms with E-state index in [1.165, 1.54) is 18.2 Å². The van der Waals surface area contributed by atoms with Crippen molar-refractivity contribution < 1.29 is 29.3 Å². The molecule has 22 heavy (non-hydrogen) atoms. The Morgan fingerprint density at radius 3 is 1.91 bits per heavy atom. The first-order valence-electron chi connectivity index (χ1n) is 6.86. The van der Waals surface area contributed by atoms with Gasteiger partial charge >= 0.3 is 11.9 Å². The molecule has 0 radical (unpaired) electrons. The molecule has 0 amide bonds. The number of hydrogen-bond acceptors (Lipinski definition) is 6. The molecule has 0 aromatic heterocycles. The van der Waals surface area contributed by atoms with Gasteiger partial charge < -0.3 is 19.7 Å². The molecule has 0 saturated carbocycles. The summed E-state index contributed by atoms with van der Waals surface area (Å²) < 4.78 is 10.0. The van der Waals surface area contributed by atoms with Crippen LogP contribution in [-0.4, -0.2) is 34.4 Å². The number of carbonyl (C=O) groups excluding carboxylic acids is 2. The summed E-state index contributed by atoms with van der Waals surface area (Å²) in [6.07, 6.45) is 0.358. The Balaban J connectivity index is 3.20. The highest BCUT2D eigenvalue weighted by molar-refractivity contribution is 6.18. The lowest BCUT2D eigenvalue weighted by Crippen LogP contribution is -2.23. The van der Waals surface area contributed by atoms with E-state index in [0.717, 1.165) is 6.07 Å². The largest absolute Gasteiger partial charge is 0.508 e. The van der Waals surface area contributed by atoms with Crippen LogP contribution < -0.4 is 0 Å². The molecule has 1 rings (SSSR count). The minimum atomic E-state index is -0.840. The van der Waals surface area contributed by atoms with Crippen molar-refractivity contribution in [3.63, 3.8) is 0 Å². The van der Waals surface area contributed by atoms with Crippen LogP contribution >= 0.6 is 0 Å². The van der Waals surface area contributed by atoms with Crippen LogP contribution in [0.3, 0.4) is 0 Å². The van der Waals surface area contributed by atoms with E-state index in [4.69, 9.17) is 9.47 Å². The third-order valence-electron chi connectivity index (χ3n) is 2.44. The van der Waals surface area contributed by atoms with Crippen LogP contribution in [0.1, 0.15) is 33.3 Å². The lowest BCUT2D eigenvalue weighted by molar-refractivity contribution is -0.150. The minimum absolute atomic E-state index is 0.134. The van der Waals surface area contributed by atoms with Gasteiger partial charge in [-0.15, -0.1) is 0 Å². The van der Waals surface area contributed by atoms with E-state index in [2.05, 4.69) is 0 Å². The van der Waals surface area contributed by atoms with Crippen molar-refractivity contribution in [3.05, 3.63) is 29.3 Å². The van der Waals surface area contributed by atoms with Crippen LogP contribution in [0.25, 0.3) is 6.08 Å². The molecule has 6 heteroatoms. The summed E-state index contributed by atoms with van der Waals surface area (Å²) in [5.41, 5.74) is -0.141. The molecular weight excluding hydrogens is 288 g/mol. The Labute approximate surface area is 129 Å². The Morgan fingerprint density at radius 2 is 1.50 bits per heavy atom. The first-order chi connectivity index (χ1) is 10.2. The van der Waals surface area contributed by atoms with Gasteiger partial charge in [-0.2, -0.15) is 0 Å². The Bertz CT molecular complexity index is 562. The molecule has 0 spiro atoms. The molecule has 0 aliphatic carbocycles. The fourth-order valence-electron chi connectivity index (χ4n) is 1.57. The van der Waals surface area contributed by atoms with Gasteiger partial charge in [0.1, 0.15) is 17.1 Å². The highest BCUT2D eigenvalue weighted by atomic mass is 16.6. The fourth-order valence-corrected chi connectivity index (χ4v) is 1.57. The smallest absolute Gasteiger partial charge is 0.345 e. The van der Waals surface area contributed by atoms with Crippen LogP contribution in [0.15, 0.2) is 23.8 Å². The van der Waals surface area contributed by atoms with Gasteiger partial charge in [0.15, 0.2) is 0 Å². The van der Waals surface area contributed by atoms with Gasteiger partial charge in [-0.25, -0.2) is 9.59 Å². The molecule has 0 saturated heterocycles. The van der Waals surface area contributed by atoms with E-state index in [-0.39, 0.29) is 22.6 Å². The Hall–Kier alpha value is -2.50. The van der Waals surface area contributed by atoms with Gasteiger partial charge in [-0.1, -0.05) is 0 Å². The third kappa shape index (κ3) is 5.12. The summed E-state index contributed by atoms with van der Waals surface area (Å²) >= 11 is 0. The number of ether oxygens (including phenoxy) is 2. The van der Waals surface area contributed by atoms with E-state index in [0.29, 0.717) is 0 Å². The number of hydrogen-bond donors (Lipinski definition) is 2. The molecule has 6 nitrogen and oxygen atoms in total.